The first-order valence-electron chi connectivity index (χ1n) is 11.2. The van der Waals surface area contributed by atoms with Gasteiger partial charge in [-0.3, -0.25) is 9.59 Å². The van der Waals surface area contributed by atoms with Gasteiger partial charge in [-0.1, -0.05) is 20.8 Å². The molecule has 0 spiro atoms. The average Bonchev–Trinajstić information content (AvgIpc) is 2.71. The first-order valence-corrected chi connectivity index (χ1v) is 11.2. The van der Waals surface area contributed by atoms with Gasteiger partial charge in [0, 0.05) is 39.1 Å². The molecule has 2 saturated carbocycles. The van der Waals surface area contributed by atoms with Gasteiger partial charge in [-0.2, -0.15) is 5.26 Å². The van der Waals surface area contributed by atoms with Crippen LogP contribution in [0.4, 0.5) is 0 Å². The van der Waals surface area contributed by atoms with Gasteiger partial charge in [0.1, 0.15) is 0 Å². The molecule has 2 N–H and O–H groups in total. The molecule has 0 saturated heterocycles. The van der Waals surface area contributed by atoms with Crippen LogP contribution in [0.5, 0.6) is 0 Å². The first-order chi connectivity index (χ1) is 14.2. The Labute approximate surface area is 181 Å². The lowest BCUT2D eigenvalue weighted by Crippen LogP contribution is -2.58. The van der Waals surface area contributed by atoms with Gasteiger partial charge in [0.05, 0.1) is 25.2 Å². The summed E-state index contributed by atoms with van der Waals surface area (Å²) in [5.74, 6) is -0.251. The number of aliphatic hydroxyl groups excluding tert-OH is 1. The summed E-state index contributed by atoms with van der Waals surface area (Å²) in [6, 6.07) is 2.11. The number of amides is 2. The van der Waals surface area contributed by atoms with Gasteiger partial charge in [-0.15, -0.1) is 0 Å². The summed E-state index contributed by atoms with van der Waals surface area (Å²) in [6.45, 7) is 7.09. The van der Waals surface area contributed by atoms with E-state index in [2.05, 4.69) is 25.2 Å². The van der Waals surface area contributed by atoms with Crippen LogP contribution in [0.3, 0.4) is 0 Å². The van der Waals surface area contributed by atoms with Crippen LogP contribution in [0.1, 0.15) is 59.3 Å². The second-order valence-corrected chi connectivity index (χ2v) is 9.64. The first kappa shape index (κ1) is 24.6. The Morgan fingerprint density at radius 2 is 2.03 bits per heavy atom. The number of carbonyl (C=O) groups excluding carboxylic acids is 2. The van der Waals surface area contributed by atoms with Crippen molar-refractivity contribution in [1.82, 2.24) is 10.2 Å². The highest BCUT2D eigenvalue weighted by atomic mass is 16.5. The quantitative estimate of drug-likeness (QED) is 0.626. The standard InChI is InChI=1S/C23H39N3O4/c1-15(22(29)26(4)13-6-12-24)17-7-10-23(3)11-8-18(16(2)20(23)21(17)28)25-19(27)9-14-30-5/h15-18,20-21,28H,6-11,13-14H2,1-5H3,(H,25,27)/t15-,16+,17-,18-,20+,21-,23-/m0/s1. The molecule has 0 bridgehead atoms. The van der Waals surface area contributed by atoms with Crippen LogP contribution in [0.2, 0.25) is 0 Å². The molecule has 7 atom stereocenters. The molecule has 0 aliphatic heterocycles. The molecule has 7 nitrogen and oxygen atoms in total. The molecule has 2 rings (SSSR count). The van der Waals surface area contributed by atoms with Crippen molar-refractivity contribution in [3.63, 3.8) is 0 Å². The number of methoxy groups -OCH3 is 1. The minimum atomic E-state index is -0.583. The molecular formula is C23H39N3O4. The van der Waals surface area contributed by atoms with Crippen molar-refractivity contribution in [2.45, 2.75) is 71.4 Å². The number of aliphatic hydroxyl groups is 1. The lowest BCUT2D eigenvalue weighted by Gasteiger charge is -2.56. The normalized spacial score (nSPS) is 34.4. The van der Waals surface area contributed by atoms with Crippen molar-refractivity contribution < 1.29 is 19.4 Å². The maximum atomic E-state index is 12.9. The maximum absolute atomic E-state index is 12.9. The van der Waals surface area contributed by atoms with Gasteiger partial charge >= 0.3 is 0 Å². The van der Waals surface area contributed by atoms with Gasteiger partial charge in [0.15, 0.2) is 0 Å². The van der Waals surface area contributed by atoms with Gasteiger partial charge < -0.3 is 20.1 Å². The zero-order valence-electron chi connectivity index (χ0n) is 19.2. The Kier molecular flexibility index (Phi) is 8.69. The van der Waals surface area contributed by atoms with E-state index < -0.39 is 6.10 Å². The molecule has 0 unspecified atom stereocenters. The highest BCUT2D eigenvalue weighted by molar-refractivity contribution is 5.78. The second kappa shape index (κ2) is 10.6. The Balaban J connectivity index is 2.10. The van der Waals surface area contributed by atoms with Crippen LogP contribution >= 0.6 is 0 Å². The largest absolute Gasteiger partial charge is 0.392 e. The zero-order valence-corrected chi connectivity index (χ0v) is 19.2. The van der Waals surface area contributed by atoms with Crippen molar-refractivity contribution in [2.75, 3.05) is 27.3 Å². The number of nitrogens with one attached hydrogen (secondary N) is 1. The average molecular weight is 422 g/mol. The van der Waals surface area contributed by atoms with Crippen LogP contribution in [0, 0.1) is 40.4 Å². The third-order valence-electron chi connectivity index (χ3n) is 7.73. The number of rotatable bonds is 8. The van der Waals surface area contributed by atoms with Crippen molar-refractivity contribution in [3.8, 4) is 6.07 Å². The molecule has 30 heavy (non-hydrogen) atoms. The number of nitriles is 1. The fourth-order valence-electron chi connectivity index (χ4n) is 5.83. The van der Waals surface area contributed by atoms with Gasteiger partial charge in [-0.05, 0) is 48.9 Å². The number of ether oxygens (including phenoxy) is 1. The van der Waals surface area contributed by atoms with E-state index >= 15 is 0 Å². The van der Waals surface area contributed by atoms with E-state index in [1.54, 1.807) is 19.1 Å². The second-order valence-electron chi connectivity index (χ2n) is 9.64. The minimum absolute atomic E-state index is 0.00853. The Hall–Kier alpha value is -1.65. The molecule has 0 heterocycles. The van der Waals surface area contributed by atoms with E-state index in [9.17, 15) is 14.7 Å². The Morgan fingerprint density at radius 1 is 1.37 bits per heavy atom. The van der Waals surface area contributed by atoms with Crippen LogP contribution in [0.25, 0.3) is 0 Å². The van der Waals surface area contributed by atoms with E-state index in [0.29, 0.717) is 26.0 Å². The third kappa shape index (κ3) is 5.33. The molecule has 0 radical (unpaired) electrons. The van der Waals surface area contributed by atoms with E-state index in [1.165, 1.54) is 0 Å². The molecule has 2 fully saturated rings. The number of hydrogen-bond acceptors (Lipinski definition) is 5. The summed E-state index contributed by atoms with van der Waals surface area (Å²) < 4.78 is 5.00. The van der Waals surface area contributed by atoms with Crippen molar-refractivity contribution >= 4 is 11.8 Å². The summed E-state index contributed by atoms with van der Waals surface area (Å²) >= 11 is 0. The summed E-state index contributed by atoms with van der Waals surface area (Å²) in [6.07, 6.45) is 3.75. The van der Waals surface area contributed by atoms with Gasteiger partial charge in [0.25, 0.3) is 0 Å². The van der Waals surface area contributed by atoms with Crippen LogP contribution in [-0.4, -0.2) is 61.3 Å². The molecule has 2 aliphatic rings. The number of nitrogens with zero attached hydrogens (tertiary/aromatic N) is 2. The van der Waals surface area contributed by atoms with Gasteiger partial charge in [0.2, 0.25) is 11.8 Å². The zero-order chi connectivity index (χ0) is 22.5. The maximum Gasteiger partial charge on any atom is 0.225 e. The predicted octanol–water partition coefficient (Wildman–Crippen LogP) is 2.34. The summed E-state index contributed by atoms with van der Waals surface area (Å²) in [5.41, 5.74) is 0.0264. The Morgan fingerprint density at radius 3 is 2.67 bits per heavy atom. The van der Waals surface area contributed by atoms with Crippen molar-refractivity contribution in [3.05, 3.63) is 0 Å². The molecule has 170 valence electrons. The number of hydrogen-bond donors (Lipinski definition) is 2. The molecule has 2 aliphatic carbocycles. The molecular weight excluding hydrogens is 382 g/mol. The minimum Gasteiger partial charge on any atom is -0.392 e. The summed E-state index contributed by atoms with van der Waals surface area (Å²) in [7, 11) is 3.31. The van der Waals surface area contributed by atoms with E-state index in [1.807, 2.05) is 6.92 Å². The van der Waals surface area contributed by atoms with E-state index in [4.69, 9.17) is 10.00 Å². The molecule has 7 heteroatoms. The monoisotopic (exact) mass is 421 g/mol. The summed E-state index contributed by atoms with van der Waals surface area (Å²) in [4.78, 5) is 26.7. The smallest absolute Gasteiger partial charge is 0.225 e. The van der Waals surface area contributed by atoms with Crippen molar-refractivity contribution in [1.29, 1.82) is 5.26 Å². The molecule has 2 amide bonds. The number of carbonyl (C=O) groups is 2. The van der Waals surface area contributed by atoms with Crippen LogP contribution < -0.4 is 5.32 Å². The van der Waals surface area contributed by atoms with E-state index in [0.717, 1.165) is 25.7 Å². The van der Waals surface area contributed by atoms with Crippen LogP contribution in [-0.2, 0) is 14.3 Å². The summed E-state index contributed by atoms with van der Waals surface area (Å²) in [5, 5.41) is 23.3. The highest BCUT2D eigenvalue weighted by Gasteiger charge is 2.54. The molecule has 0 aromatic carbocycles. The lowest BCUT2D eigenvalue weighted by atomic mass is 9.51. The molecule has 0 aromatic rings. The van der Waals surface area contributed by atoms with Crippen LogP contribution in [0.15, 0.2) is 0 Å². The fourth-order valence-corrected chi connectivity index (χ4v) is 5.83. The van der Waals surface area contributed by atoms with E-state index in [-0.39, 0.29) is 46.9 Å². The highest BCUT2D eigenvalue weighted by Crippen LogP contribution is 2.55. The predicted molar refractivity (Wildman–Crippen MR) is 114 cm³/mol. The SMILES string of the molecule is COCCC(=O)N[C@H]1CC[C@]2(C)CC[C@@H]([C@H](C)C(=O)N(C)CCC#N)[C@H](O)[C@H]2[C@@H]1C. The topological polar surface area (TPSA) is 103 Å². The van der Waals surface area contributed by atoms with Gasteiger partial charge in [-0.25, -0.2) is 0 Å². The fraction of sp³-hybridized carbons (Fsp3) is 0.870. The third-order valence-corrected chi connectivity index (χ3v) is 7.73. The Bertz CT molecular complexity index is 649. The van der Waals surface area contributed by atoms with Crippen molar-refractivity contribution in [2.24, 2.45) is 29.1 Å². The number of fused-ring (bicyclic) bond motifs is 1. The molecule has 0 aromatic heterocycles. The lowest BCUT2D eigenvalue weighted by molar-refractivity contribution is -0.150.